The second-order valence-corrected chi connectivity index (χ2v) is 6.82. The molecule has 3 nitrogen and oxygen atoms in total. The van der Waals surface area contributed by atoms with Crippen molar-refractivity contribution >= 4 is 20.6 Å². The third-order valence-electron chi connectivity index (χ3n) is 2.78. The molecule has 0 radical (unpaired) electrons. The average molecular weight is 264 g/mol. The largest absolute Gasteiger partial charge is 0.392 e. The lowest BCUT2D eigenvalue weighted by Gasteiger charge is -2.10. The van der Waals surface area contributed by atoms with Crippen molar-refractivity contribution in [1.29, 1.82) is 0 Å². The van der Waals surface area contributed by atoms with Gasteiger partial charge in [0.15, 0.2) is 0 Å². The Balaban J connectivity index is 2.17. The van der Waals surface area contributed by atoms with E-state index in [0.29, 0.717) is 6.42 Å². The van der Waals surface area contributed by atoms with Crippen molar-refractivity contribution < 1.29 is 13.5 Å². The van der Waals surface area contributed by atoms with Crippen molar-refractivity contribution in [2.24, 2.45) is 0 Å². The molecule has 96 valence electrons. The predicted octanol–water partition coefficient (Wildman–Crippen LogP) is 1.79. The lowest BCUT2D eigenvalue weighted by Crippen LogP contribution is -2.21. The van der Waals surface area contributed by atoms with Crippen molar-refractivity contribution in [3.8, 4) is 0 Å². The first-order chi connectivity index (χ1) is 8.44. The fraction of sp³-hybridized carbons (Fsp3) is 0.286. The van der Waals surface area contributed by atoms with Crippen LogP contribution in [0.15, 0.2) is 42.5 Å². The summed E-state index contributed by atoms with van der Waals surface area (Å²) in [4.78, 5) is 0. The van der Waals surface area contributed by atoms with Gasteiger partial charge in [0.05, 0.1) is 11.9 Å². The monoisotopic (exact) mass is 264 g/mol. The van der Waals surface area contributed by atoms with Gasteiger partial charge in [-0.3, -0.25) is 0 Å². The highest BCUT2D eigenvalue weighted by Crippen LogP contribution is 2.16. The first-order valence-electron chi connectivity index (χ1n) is 5.77. The van der Waals surface area contributed by atoms with Gasteiger partial charge in [0, 0.05) is 6.26 Å². The number of fused-ring (bicyclic) bond motifs is 1. The standard InChI is InChI=1S/C14H16O3S/c1-18(16,17)10-14(15)9-11-6-7-12-4-2-3-5-13(12)8-11/h2-8,14-15H,9-10H2,1H3. The minimum Gasteiger partial charge on any atom is -0.392 e. The number of sulfone groups is 1. The molecule has 1 N–H and O–H groups in total. The van der Waals surface area contributed by atoms with Crippen LogP contribution in [0.1, 0.15) is 5.56 Å². The van der Waals surface area contributed by atoms with E-state index in [4.69, 9.17) is 0 Å². The number of hydrogen-bond acceptors (Lipinski definition) is 3. The van der Waals surface area contributed by atoms with Crippen molar-refractivity contribution in [3.05, 3.63) is 48.0 Å². The molecule has 18 heavy (non-hydrogen) atoms. The van der Waals surface area contributed by atoms with Crippen LogP contribution >= 0.6 is 0 Å². The molecule has 4 heteroatoms. The van der Waals surface area contributed by atoms with E-state index in [1.54, 1.807) is 0 Å². The third-order valence-corrected chi connectivity index (χ3v) is 3.77. The van der Waals surface area contributed by atoms with Crippen LogP contribution in [0.5, 0.6) is 0 Å². The van der Waals surface area contributed by atoms with E-state index in [1.807, 2.05) is 42.5 Å². The van der Waals surface area contributed by atoms with Gasteiger partial charge in [0.2, 0.25) is 0 Å². The summed E-state index contributed by atoms with van der Waals surface area (Å²) in [6, 6.07) is 13.8. The highest BCUT2D eigenvalue weighted by Gasteiger charge is 2.12. The van der Waals surface area contributed by atoms with Crippen LogP contribution in [0.3, 0.4) is 0 Å². The maximum absolute atomic E-state index is 11.1. The highest BCUT2D eigenvalue weighted by atomic mass is 32.2. The Morgan fingerprint density at radius 2 is 1.78 bits per heavy atom. The first-order valence-corrected chi connectivity index (χ1v) is 7.83. The smallest absolute Gasteiger partial charge is 0.150 e. The van der Waals surface area contributed by atoms with Crippen LogP contribution < -0.4 is 0 Å². The van der Waals surface area contributed by atoms with E-state index < -0.39 is 15.9 Å². The number of benzene rings is 2. The zero-order valence-corrected chi connectivity index (χ0v) is 11.0. The SMILES string of the molecule is CS(=O)(=O)CC(O)Cc1ccc2ccccc2c1. The molecule has 1 atom stereocenters. The summed E-state index contributed by atoms with van der Waals surface area (Å²) in [5, 5.41) is 12.0. The summed E-state index contributed by atoms with van der Waals surface area (Å²) in [5.74, 6) is -0.195. The molecule has 0 amide bonds. The molecular formula is C14H16O3S. The Morgan fingerprint density at radius 3 is 2.44 bits per heavy atom. The maximum atomic E-state index is 11.1. The van der Waals surface area contributed by atoms with Gasteiger partial charge in [-0.15, -0.1) is 0 Å². The molecule has 2 rings (SSSR count). The predicted molar refractivity (Wildman–Crippen MR) is 73.4 cm³/mol. The average Bonchev–Trinajstić information content (AvgIpc) is 2.26. The summed E-state index contributed by atoms with van der Waals surface area (Å²) < 4.78 is 22.2. The second-order valence-electron chi connectivity index (χ2n) is 4.63. The molecule has 0 bridgehead atoms. The maximum Gasteiger partial charge on any atom is 0.150 e. The van der Waals surface area contributed by atoms with Crippen LogP contribution in [0.25, 0.3) is 10.8 Å². The zero-order chi connectivity index (χ0) is 13.2. The third kappa shape index (κ3) is 3.55. The van der Waals surface area contributed by atoms with Crippen LogP contribution in [0.2, 0.25) is 0 Å². The number of hydrogen-bond donors (Lipinski definition) is 1. The van der Waals surface area contributed by atoms with E-state index in [1.165, 1.54) is 0 Å². The Labute approximate surface area is 107 Å². The van der Waals surface area contributed by atoms with Crippen LogP contribution in [-0.2, 0) is 16.3 Å². The van der Waals surface area contributed by atoms with Crippen LogP contribution in [0, 0.1) is 0 Å². The molecule has 0 aliphatic rings. The number of rotatable bonds is 4. The van der Waals surface area contributed by atoms with Crippen molar-refractivity contribution in [3.63, 3.8) is 0 Å². The van der Waals surface area contributed by atoms with Gasteiger partial charge in [-0.2, -0.15) is 0 Å². The summed E-state index contributed by atoms with van der Waals surface area (Å²) in [7, 11) is -3.14. The van der Waals surface area contributed by atoms with Crippen molar-refractivity contribution in [1.82, 2.24) is 0 Å². The Morgan fingerprint density at radius 1 is 1.11 bits per heavy atom. The summed E-state index contributed by atoms with van der Waals surface area (Å²) in [5.41, 5.74) is 0.949. The number of aliphatic hydroxyl groups excluding tert-OH is 1. The Kier molecular flexibility index (Phi) is 3.68. The molecule has 2 aromatic carbocycles. The van der Waals surface area contributed by atoms with Gasteiger partial charge in [-0.25, -0.2) is 8.42 Å². The molecule has 0 saturated heterocycles. The Hall–Kier alpha value is -1.39. The number of aliphatic hydroxyl groups is 1. The zero-order valence-electron chi connectivity index (χ0n) is 10.2. The van der Waals surface area contributed by atoms with Gasteiger partial charge in [-0.05, 0) is 22.8 Å². The minimum atomic E-state index is -3.14. The summed E-state index contributed by atoms with van der Waals surface area (Å²) >= 11 is 0. The van der Waals surface area contributed by atoms with E-state index in [0.717, 1.165) is 22.6 Å². The fourth-order valence-corrected chi connectivity index (χ4v) is 2.86. The van der Waals surface area contributed by atoms with Gasteiger partial charge in [0.1, 0.15) is 9.84 Å². The van der Waals surface area contributed by atoms with E-state index >= 15 is 0 Å². The molecule has 1 unspecified atom stereocenters. The van der Waals surface area contributed by atoms with Crippen molar-refractivity contribution in [2.45, 2.75) is 12.5 Å². The molecule has 0 saturated carbocycles. The van der Waals surface area contributed by atoms with E-state index in [2.05, 4.69) is 0 Å². The molecule has 0 heterocycles. The second kappa shape index (κ2) is 5.08. The summed E-state index contributed by atoms with van der Waals surface area (Å²) in [6.07, 6.45) is 0.648. The molecular weight excluding hydrogens is 248 g/mol. The van der Waals surface area contributed by atoms with E-state index in [-0.39, 0.29) is 5.75 Å². The minimum absolute atomic E-state index is 0.195. The fourth-order valence-electron chi connectivity index (χ4n) is 2.05. The van der Waals surface area contributed by atoms with Gasteiger partial charge in [-0.1, -0.05) is 42.5 Å². The molecule has 2 aromatic rings. The molecule has 0 fully saturated rings. The highest BCUT2D eigenvalue weighted by molar-refractivity contribution is 7.90. The molecule has 0 aliphatic heterocycles. The van der Waals surface area contributed by atoms with Crippen LogP contribution in [0.4, 0.5) is 0 Å². The lowest BCUT2D eigenvalue weighted by molar-refractivity contribution is 0.198. The van der Waals surface area contributed by atoms with Crippen LogP contribution in [-0.4, -0.2) is 31.6 Å². The van der Waals surface area contributed by atoms with Crippen molar-refractivity contribution in [2.75, 3.05) is 12.0 Å². The van der Waals surface area contributed by atoms with Gasteiger partial charge >= 0.3 is 0 Å². The molecule has 0 spiro atoms. The van der Waals surface area contributed by atoms with Gasteiger partial charge < -0.3 is 5.11 Å². The Bertz CT molecular complexity index is 647. The topological polar surface area (TPSA) is 54.4 Å². The first kappa shape index (κ1) is 13.1. The quantitative estimate of drug-likeness (QED) is 0.916. The van der Waals surface area contributed by atoms with E-state index in [9.17, 15) is 13.5 Å². The molecule has 0 aromatic heterocycles. The lowest BCUT2D eigenvalue weighted by atomic mass is 10.0. The summed E-state index contributed by atoms with van der Waals surface area (Å²) in [6.45, 7) is 0. The normalized spacial score (nSPS) is 13.7. The molecule has 0 aliphatic carbocycles. The van der Waals surface area contributed by atoms with Gasteiger partial charge in [0.25, 0.3) is 0 Å².